The van der Waals surface area contributed by atoms with Crippen molar-refractivity contribution in [3.05, 3.63) is 93.7 Å². The Morgan fingerprint density at radius 1 is 1.06 bits per heavy atom. The van der Waals surface area contributed by atoms with Crippen molar-refractivity contribution >= 4 is 39.1 Å². The highest BCUT2D eigenvalue weighted by atomic mass is 79.9. The van der Waals surface area contributed by atoms with Gasteiger partial charge in [0, 0.05) is 23.6 Å². The summed E-state index contributed by atoms with van der Waals surface area (Å²) >= 11 is 3.40. The number of hydrogen-bond acceptors (Lipinski definition) is 5. The SMILES string of the molecule is COc1ccc(/C(O)=C2/C(=O)C(=O)N(c3ccc(C)cc3)C2c2ccncc2)cc1Br. The molecule has 0 saturated carbocycles. The first kappa shape index (κ1) is 20.8. The van der Waals surface area contributed by atoms with Crippen molar-refractivity contribution in [1.82, 2.24) is 4.98 Å². The van der Waals surface area contributed by atoms with Crippen LogP contribution in [0.3, 0.4) is 0 Å². The Morgan fingerprint density at radius 2 is 1.74 bits per heavy atom. The van der Waals surface area contributed by atoms with Crippen LogP contribution in [-0.2, 0) is 9.59 Å². The molecule has 2 heterocycles. The summed E-state index contributed by atoms with van der Waals surface area (Å²) in [6.45, 7) is 1.94. The summed E-state index contributed by atoms with van der Waals surface area (Å²) in [6, 6.07) is 15.0. The van der Waals surface area contributed by atoms with Crippen molar-refractivity contribution in [2.45, 2.75) is 13.0 Å². The second-order valence-electron chi connectivity index (χ2n) is 7.13. The van der Waals surface area contributed by atoms with Crippen LogP contribution in [0.5, 0.6) is 5.75 Å². The number of halogens is 1. The number of ketones is 1. The molecule has 0 aliphatic carbocycles. The van der Waals surface area contributed by atoms with Gasteiger partial charge in [0.15, 0.2) is 0 Å². The van der Waals surface area contributed by atoms with Crippen LogP contribution in [0.1, 0.15) is 22.7 Å². The van der Waals surface area contributed by atoms with Crippen molar-refractivity contribution in [2.24, 2.45) is 0 Å². The Bertz CT molecular complexity index is 1190. The van der Waals surface area contributed by atoms with E-state index in [1.54, 1.807) is 54.9 Å². The molecule has 1 N–H and O–H groups in total. The lowest BCUT2D eigenvalue weighted by Crippen LogP contribution is -2.29. The highest BCUT2D eigenvalue weighted by molar-refractivity contribution is 9.10. The first-order valence-electron chi connectivity index (χ1n) is 9.54. The van der Waals surface area contributed by atoms with Crippen LogP contribution >= 0.6 is 15.9 Å². The van der Waals surface area contributed by atoms with Crippen LogP contribution in [0.2, 0.25) is 0 Å². The number of carbonyl (C=O) groups is 2. The van der Waals surface area contributed by atoms with Crippen molar-refractivity contribution in [3.63, 3.8) is 0 Å². The van der Waals surface area contributed by atoms with Crippen molar-refractivity contribution in [2.75, 3.05) is 12.0 Å². The van der Waals surface area contributed by atoms with E-state index in [4.69, 9.17) is 4.74 Å². The van der Waals surface area contributed by atoms with Gasteiger partial charge in [0.2, 0.25) is 0 Å². The summed E-state index contributed by atoms with van der Waals surface area (Å²) in [5.74, 6) is -1.10. The van der Waals surface area contributed by atoms with Crippen LogP contribution < -0.4 is 9.64 Å². The highest BCUT2D eigenvalue weighted by Gasteiger charge is 2.46. The Morgan fingerprint density at radius 3 is 2.35 bits per heavy atom. The number of ether oxygens (including phenoxy) is 1. The number of aryl methyl sites for hydroxylation is 1. The summed E-state index contributed by atoms with van der Waals surface area (Å²) < 4.78 is 5.86. The lowest BCUT2D eigenvalue weighted by atomic mass is 9.95. The summed E-state index contributed by atoms with van der Waals surface area (Å²) in [7, 11) is 1.54. The van der Waals surface area contributed by atoms with Gasteiger partial charge in [-0.25, -0.2) is 0 Å². The third-order valence-corrected chi connectivity index (χ3v) is 5.82. The van der Waals surface area contributed by atoms with E-state index in [-0.39, 0.29) is 11.3 Å². The van der Waals surface area contributed by atoms with E-state index in [1.807, 2.05) is 19.1 Å². The number of Topliss-reactive ketones (excluding diaryl/α,β-unsaturated/α-hetero) is 1. The Balaban J connectivity index is 1.92. The molecule has 0 spiro atoms. The molecule has 2 aromatic carbocycles. The number of carbonyl (C=O) groups excluding carboxylic acids is 2. The lowest BCUT2D eigenvalue weighted by molar-refractivity contribution is -0.132. The standard InChI is InChI=1S/C24H19BrN2O4/c1-14-3-6-17(7-4-14)27-21(15-9-11-26-12-10-15)20(23(29)24(27)30)22(28)16-5-8-19(31-2)18(25)13-16/h3-13,21,28H,1-2H3/b22-20-. The quantitative estimate of drug-likeness (QED) is 0.331. The molecule has 0 bridgehead atoms. The van der Waals surface area contributed by atoms with Gasteiger partial charge >= 0.3 is 0 Å². The van der Waals surface area contributed by atoms with Gasteiger partial charge in [-0.1, -0.05) is 17.7 Å². The summed E-state index contributed by atoms with van der Waals surface area (Å²) in [5, 5.41) is 11.1. The predicted octanol–water partition coefficient (Wildman–Crippen LogP) is 4.79. The smallest absolute Gasteiger partial charge is 0.300 e. The molecule has 0 radical (unpaired) electrons. The summed E-state index contributed by atoms with van der Waals surface area (Å²) in [6.07, 6.45) is 3.18. The molecule has 1 saturated heterocycles. The molecule has 7 heteroatoms. The second kappa shape index (κ2) is 8.35. The van der Waals surface area contributed by atoms with Crippen LogP contribution in [0.25, 0.3) is 5.76 Å². The Kier molecular flexibility index (Phi) is 5.61. The fourth-order valence-corrected chi connectivity index (χ4v) is 4.18. The molecule has 3 aromatic rings. The van der Waals surface area contributed by atoms with E-state index >= 15 is 0 Å². The predicted molar refractivity (Wildman–Crippen MR) is 121 cm³/mol. The first-order chi connectivity index (χ1) is 14.9. The number of pyridine rings is 1. The highest BCUT2D eigenvalue weighted by Crippen LogP contribution is 2.42. The van der Waals surface area contributed by atoms with Crippen molar-refractivity contribution in [3.8, 4) is 5.75 Å². The van der Waals surface area contributed by atoms with Crippen LogP contribution in [-0.4, -0.2) is 28.9 Å². The zero-order valence-corrected chi connectivity index (χ0v) is 18.5. The van der Waals surface area contributed by atoms with Crippen LogP contribution in [0.15, 0.2) is 77.0 Å². The third kappa shape index (κ3) is 3.72. The monoisotopic (exact) mass is 478 g/mol. The van der Waals surface area contributed by atoms with Gasteiger partial charge in [0.25, 0.3) is 11.7 Å². The van der Waals surface area contributed by atoms with Crippen molar-refractivity contribution in [1.29, 1.82) is 0 Å². The number of anilines is 1. The molecule has 156 valence electrons. The van der Waals surface area contributed by atoms with E-state index in [2.05, 4.69) is 20.9 Å². The summed E-state index contributed by atoms with van der Waals surface area (Å²) in [4.78, 5) is 31.6. The minimum atomic E-state index is -0.786. The molecule has 1 amide bonds. The molecule has 1 atom stereocenters. The van der Waals surface area contributed by atoms with Gasteiger partial charge in [-0.3, -0.25) is 19.5 Å². The average molecular weight is 479 g/mol. The molecule has 31 heavy (non-hydrogen) atoms. The molecule has 1 fully saturated rings. The Labute approximate surface area is 187 Å². The van der Waals surface area contributed by atoms with Gasteiger partial charge in [0.05, 0.1) is 23.2 Å². The third-order valence-electron chi connectivity index (χ3n) is 5.20. The fourth-order valence-electron chi connectivity index (χ4n) is 3.63. The van der Waals surface area contributed by atoms with E-state index in [9.17, 15) is 14.7 Å². The first-order valence-corrected chi connectivity index (χ1v) is 10.3. The maximum Gasteiger partial charge on any atom is 0.300 e. The molecule has 1 aliphatic heterocycles. The average Bonchev–Trinajstić information content (AvgIpc) is 3.05. The zero-order valence-electron chi connectivity index (χ0n) is 16.9. The number of aromatic nitrogens is 1. The molecule has 1 unspecified atom stereocenters. The number of nitrogens with zero attached hydrogens (tertiary/aromatic N) is 2. The zero-order chi connectivity index (χ0) is 22.1. The molecule has 1 aliphatic rings. The van der Waals surface area contributed by atoms with E-state index in [1.165, 1.54) is 12.0 Å². The maximum atomic E-state index is 13.1. The number of methoxy groups -OCH3 is 1. The van der Waals surface area contributed by atoms with E-state index in [0.29, 0.717) is 27.0 Å². The van der Waals surface area contributed by atoms with Crippen LogP contribution in [0, 0.1) is 6.92 Å². The second-order valence-corrected chi connectivity index (χ2v) is 7.99. The number of benzene rings is 2. The molecular weight excluding hydrogens is 460 g/mol. The topological polar surface area (TPSA) is 79.7 Å². The van der Waals surface area contributed by atoms with Gasteiger partial charge in [-0.15, -0.1) is 0 Å². The van der Waals surface area contributed by atoms with Gasteiger partial charge < -0.3 is 9.84 Å². The normalized spacial score (nSPS) is 17.8. The molecule has 6 nitrogen and oxygen atoms in total. The number of aliphatic hydroxyl groups is 1. The van der Waals surface area contributed by atoms with Crippen LogP contribution in [0.4, 0.5) is 5.69 Å². The number of amides is 1. The minimum absolute atomic E-state index is 0.0221. The van der Waals surface area contributed by atoms with Gasteiger partial charge in [-0.2, -0.15) is 0 Å². The Hall–Kier alpha value is -3.45. The fraction of sp³-hybridized carbons (Fsp3) is 0.125. The molecular formula is C24H19BrN2O4. The number of aliphatic hydroxyl groups excluding tert-OH is 1. The molecule has 1 aromatic heterocycles. The van der Waals surface area contributed by atoms with Crippen molar-refractivity contribution < 1.29 is 19.4 Å². The number of hydrogen-bond donors (Lipinski definition) is 1. The molecule has 4 rings (SSSR count). The van der Waals surface area contributed by atoms with Gasteiger partial charge in [0.1, 0.15) is 11.5 Å². The van der Waals surface area contributed by atoms with E-state index in [0.717, 1.165) is 5.56 Å². The lowest BCUT2D eigenvalue weighted by Gasteiger charge is -2.25. The van der Waals surface area contributed by atoms with E-state index < -0.39 is 17.7 Å². The largest absolute Gasteiger partial charge is 0.507 e. The maximum absolute atomic E-state index is 13.1. The van der Waals surface area contributed by atoms with Gasteiger partial charge in [-0.05, 0) is 70.9 Å². The number of rotatable bonds is 4. The summed E-state index contributed by atoms with van der Waals surface area (Å²) in [5.41, 5.74) is 2.69. The minimum Gasteiger partial charge on any atom is -0.507 e.